The number of aromatic hydroxyl groups is 1. The highest BCUT2D eigenvalue weighted by molar-refractivity contribution is 5.74. The number of nitrogens with one attached hydrogen (secondary N) is 1. The Bertz CT molecular complexity index is 719. The van der Waals surface area contributed by atoms with Gasteiger partial charge >= 0.3 is 0 Å². The summed E-state index contributed by atoms with van der Waals surface area (Å²) in [5.74, 6) is 0.655. The van der Waals surface area contributed by atoms with Gasteiger partial charge in [-0.3, -0.25) is 0 Å². The molecule has 0 saturated carbocycles. The van der Waals surface area contributed by atoms with Crippen molar-refractivity contribution in [2.24, 2.45) is 5.41 Å². The van der Waals surface area contributed by atoms with E-state index in [0.717, 1.165) is 31.9 Å². The van der Waals surface area contributed by atoms with Crippen molar-refractivity contribution in [2.75, 3.05) is 36.8 Å². The number of para-hydroxylation sites is 1. The van der Waals surface area contributed by atoms with Crippen molar-refractivity contribution in [2.45, 2.75) is 12.8 Å². The smallest absolute Gasteiger partial charge is 0.169 e. The number of hydrogen-bond acceptors (Lipinski definition) is 6. The molecule has 4 rings (SSSR count). The van der Waals surface area contributed by atoms with E-state index in [-0.39, 0.29) is 5.75 Å². The van der Waals surface area contributed by atoms with E-state index in [0.29, 0.717) is 22.5 Å². The lowest BCUT2D eigenvalue weighted by Crippen LogP contribution is -2.58. The van der Waals surface area contributed by atoms with Crippen LogP contribution in [0, 0.1) is 5.41 Å². The van der Waals surface area contributed by atoms with E-state index in [1.807, 2.05) is 18.2 Å². The highest BCUT2D eigenvalue weighted by Gasteiger charge is 2.39. The molecule has 2 fully saturated rings. The molecule has 2 aliphatic heterocycles. The monoisotopic (exact) mass is 311 g/mol. The zero-order valence-corrected chi connectivity index (χ0v) is 13.0. The van der Waals surface area contributed by atoms with Gasteiger partial charge in [0, 0.05) is 31.7 Å². The molecule has 120 valence electrons. The summed E-state index contributed by atoms with van der Waals surface area (Å²) in [6.45, 7) is 4.23. The molecule has 6 heteroatoms. The van der Waals surface area contributed by atoms with Gasteiger partial charge in [-0.1, -0.05) is 12.1 Å². The van der Waals surface area contributed by atoms with Crippen LogP contribution in [-0.4, -0.2) is 41.5 Å². The molecular weight excluding hydrogens is 290 g/mol. The van der Waals surface area contributed by atoms with Crippen LogP contribution in [0.1, 0.15) is 12.8 Å². The summed E-state index contributed by atoms with van der Waals surface area (Å²) >= 11 is 0. The van der Waals surface area contributed by atoms with E-state index in [1.165, 1.54) is 12.8 Å². The Morgan fingerprint density at radius 2 is 1.87 bits per heavy atom. The Hall–Kier alpha value is -2.34. The Labute approximate surface area is 135 Å². The molecule has 0 amide bonds. The van der Waals surface area contributed by atoms with Crippen LogP contribution in [0.4, 0.5) is 11.5 Å². The molecule has 0 bridgehead atoms. The molecule has 1 aromatic carbocycles. The lowest BCUT2D eigenvalue weighted by atomic mass is 9.73. The molecule has 2 aliphatic rings. The van der Waals surface area contributed by atoms with Gasteiger partial charge in [-0.15, -0.1) is 10.2 Å². The first-order valence-corrected chi connectivity index (χ1v) is 8.04. The van der Waals surface area contributed by atoms with E-state index in [9.17, 15) is 5.11 Å². The first-order chi connectivity index (χ1) is 11.2. The minimum Gasteiger partial charge on any atom is -0.507 e. The summed E-state index contributed by atoms with van der Waals surface area (Å²) in [7, 11) is 0. The Morgan fingerprint density at radius 3 is 2.52 bits per heavy atom. The van der Waals surface area contributed by atoms with Gasteiger partial charge < -0.3 is 21.1 Å². The Kier molecular flexibility index (Phi) is 3.34. The topological polar surface area (TPSA) is 87.3 Å². The molecule has 0 radical (unpaired) electrons. The van der Waals surface area contributed by atoms with E-state index in [1.54, 1.807) is 12.1 Å². The Morgan fingerprint density at radius 1 is 1.13 bits per heavy atom. The third-order valence-electron chi connectivity index (χ3n) is 5.15. The van der Waals surface area contributed by atoms with Crippen LogP contribution < -0.4 is 16.0 Å². The first-order valence-electron chi connectivity index (χ1n) is 8.04. The van der Waals surface area contributed by atoms with Crippen molar-refractivity contribution in [3.63, 3.8) is 0 Å². The average Bonchev–Trinajstić information content (AvgIpc) is 2.55. The van der Waals surface area contributed by atoms with Crippen LogP contribution in [0.25, 0.3) is 11.3 Å². The molecule has 0 unspecified atom stereocenters. The summed E-state index contributed by atoms with van der Waals surface area (Å²) in [5.41, 5.74) is 8.80. The maximum atomic E-state index is 10.0. The quantitative estimate of drug-likeness (QED) is 0.781. The molecule has 1 spiro atoms. The van der Waals surface area contributed by atoms with Gasteiger partial charge in [-0.2, -0.15) is 0 Å². The van der Waals surface area contributed by atoms with Gasteiger partial charge in [0.15, 0.2) is 5.82 Å². The number of nitrogens with two attached hydrogens (primary N) is 1. The van der Waals surface area contributed by atoms with Crippen molar-refractivity contribution in [3.05, 3.63) is 30.3 Å². The van der Waals surface area contributed by atoms with Gasteiger partial charge in [0.2, 0.25) is 0 Å². The molecule has 3 heterocycles. The normalized spacial score (nSPS) is 19.6. The molecule has 23 heavy (non-hydrogen) atoms. The largest absolute Gasteiger partial charge is 0.507 e. The number of nitrogens with zero attached hydrogens (tertiary/aromatic N) is 3. The van der Waals surface area contributed by atoms with Crippen molar-refractivity contribution >= 4 is 11.5 Å². The number of benzene rings is 1. The zero-order valence-electron chi connectivity index (χ0n) is 13.0. The molecule has 4 N–H and O–H groups in total. The fourth-order valence-corrected chi connectivity index (χ4v) is 3.52. The molecular formula is C17H21N5O. The lowest BCUT2D eigenvalue weighted by Gasteiger charge is -2.49. The van der Waals surface area contributed by atoms with Crippen molar-refractivity contribution in [1.82, 2.24) is 15.5 Å². The minimum absolute atomic E-state index is 0.204. The maximum Gasteiger partial charge on any atom is 0.169 e. The van der Waals surface area contributed by atoms with E-state index >= 15 is 0 Å². The highest BCUT2D eigenvalue weighted by atomic mass is 16.3. The summed E-state index contributed by atoms with van der Waals surface area (Å²) < 4.78 is 0. The number of anilines is 2. The van der Waals surface area contributed by atoms with Crippen LogP contribution in [0.3, 0.4) is 0 Å². The van der Waals surface area contributed by atoms with Gasteiger partial charge in [-0.25, -0.2) is 0 Å². The van der Waals surface area contributed by atoms with Crippen LogP contribution >= 0.6 is 0 Å². The number of nitrogen functional groups attached to an aromatic ring is 1. The van der Waals surface area contributed by atoms with Crippen LogP contribution in [-0.2, 0) is 0 Å². The molecule has 2 aromatic rings. The standard InChI is InChI=1S/C17H21N5O/c18-16-14(22-7-5-17(6-8-22)10-19-11-17)9-13(20-21-16)12-3-1-2-4-15(12)23/h1-4,9,19,23H,5-8,10-11H2,(H2,18,21). The van der Waals surface area contributed by atoms with Crippen LogP contribution in [0.2, 0.25) is 0 Å². The predicted molar refractivity (Wildman–Crippen MR) is 90.3 cm³/mol. The zero-order chi connectivity index (χ0) is 15.9. The number of piperidine rings is 1. The Balaban J connectivity index is 1.61. The number of aromatic nitrogens is 2. The number of hydrogen-bond donors (Lipinski definition) is 3. The molecule has 1 aromatic heterocycles. The SMILES string of the molecule is Nc1nnc(-c2ccccc2O)cc1N1CCC2(CC1)CNC2. The number of phenols is 1. The predicted octanol–water partition coefficient (Wildman–Crippen LogP) is 1.62. The number of phenolic OH excluding ortho intramolecular Hbond substituents is 1. The van der Waals surface area contributed by atoms with Gasteiger partial charge in [-0.05, 0) is 36.5 Å². The summed E-state index contributed by atoms with van der Waals surface area (Å²) in [4.78, 5) is 2.29. The molecule has 2 saturated heterocycles. The van der Waals surface area contributed by atoms with E-state index in [4.69, 9.17) is 5.73 Å². The van der Waals surface area contributed by atoms with Crippen LogP contribution in [0.5, 0.6) is 5.75 Å². The van der Waals surface area contributed by atoms with Crippen molar-refractivity contribution in [3.8, 4) is 17.0 Å². The second-order valence-corrected chi connectivity index (χ2v) is 6.61. The average molecular weight is 311 g/mol. The fraction of sp³-hybridized carbons (Fsp3) is 0.412. The minimum atomic E-state index is 0.204. The van der Waals surface area contributed by atoms with Crippen molar-refractivity contribution < 1.29 is 5.11 Å². The third kappa shape index (κ3) is 2.49. The first kappa shape index (κ1) is 14.3. The summed E-state index contributed by atoms with van der Waals surface area (Å²) in [6, 6.07) is 9.10. The van der Waals surface area contributed by atoms with Gasteiger partial charge in [0.25, 0.3) is 0 Å². The lowest BCUT2D eigenvalue weighted by molar-refractivity contribution is 0.126. The van der Waals surface area contributed by atoms with Gasteiger partial charge in [0.1, 0.15) is 5.75 Å². The molecule has 0 aliphatic carbocycles. The molecule has 6 nitrogen and oxygen atoms in total. The van der Waals surface area contributed by atoms with Gasteiger partial charge in [0.05, 0.1) is 11.4 Å². The maximum absolute atomic E-state index is 10.0. The summed E-state index contributed by atoms with van der Waals surface area (Å²) in [6.07, 6.45) is 2.35. The third-order valence-corrected chi connectivity index (χ3v) is 5.15. The number of rotatable bonds is 2. The molecule has 0 atom stereocenters. The fourth-order valence-electron chi connectivity index (χ4n) is 3.52. The van der Waals surface area contributed by atoms with E-state index < -0.39 is 0 Å². The highest BCUT2D eigenvalue weighted by Crippen LogP contribution is 2.38. The van der Waals surface area contributed by atoms with Crippen molar-refractivity contribution in [1.29, 1.82) is 0 Å². The van der Waals surface area contributed by atoms with Crippen LogP contribution in [0.15, 0.2) is 30.3 Å². The summed E-state index contributed by atoms with van der Waals surface area (Å²) in [5, 5.41) is 21.7. The second kappa shape index (κ2) is 5.38. The second-order valence-electron chi connectivity index (χ2n) is 6.61. The van der Waals surface area contributed by atoms with E-state index in [2.05, 4.69) is 20.4 Å².